The number of rotatable bonds is 2. The Hall–Kier alpha value is -2.54. The summed E-state index contributed by atoms with van der Waals surface area (Å²) in [5, 5.41) is 9.09. The Bertz CT molecular complexity index is 645. The fourth-order valence-corrected chi connectivity index (χ4v) is 2.83. The summed E-state index contributed by atoms with van der Waals surface area (Å²) >= 11 is 0. The number of nitrogens with two attached hydrogens (primary N) is 1. The molecule has 20 heavy (non-hydrogen) atoms. The van der Waals surface area contributed by atoms with E-state index in [-0.39, 0.29) is 0 Å². The second kappa shape index (κ2) is 5.22. The second-order valence-electron chi connectivity index (χ2n) is 4.97. The Kier molecular flexibility index (Phi) is 3.26. The summed E-state index contributed by atoms with van der Waals surface area (Å²) in [6, 6.07) is 14.5. The first kappa shape index (κ1) is 12.5. The zero-order chi connectivity index (χ0) is 13.9. The monoisotopic (exact) mass is 264 g/mol. The minimum Gasteiger partial charge on any atom is -0.395 e. The van der Waals surface area contributed by atoms with Crippen LogP contribution < -0.4 is 10.6 Å². The summed E-state index contributed by atoms with van der Waals surface area (Å²) in [6.07, 6.45) is 3.85. The maximum atomic E-state index is 9.09. The van der Waals surface area contributed by atoms with Gasteiger partial charge in [-0.05, 0) is 24.5 Å². The van der Waals surface area contributed by atoms with Gasteiger partial charge in [-0.1, -0.05) is 30.3 Å². The third kappa shape index (κ3) is 2.08. The van der Waals surface area contributed by atoms with Gasteiger partial charge in [0.2, 0.25) is 0 Å². The molecule has 2 N–H and O–H groups in total. The fourth-order valence-electron chi connectivity index (χ4n) is 2.83. The van der Waals surface area contributed by atoms with Gasteiger partial charge in [0.05, 0.1) is 17.3 Å². The van der Waals surface area contributed by atoms with E-state index in [9.17, 15) is 0 Å². The highest BCUT2D eigenvalue weighted by molar-refractivity contribution is 5.70. The normalized spacial score (nSPS) is 17.9. The molecule has 4 nitrogen and oxygen atoms in total. The van der Waals surface area contributed by atoms with Crippen molar-refractivity contribution >= 4 is 11.5 Å². The van der Waals surface area contributed by atoms with Gasteiger partial charge in [-0.2, -0.15) is 5.26 Å². The first-order chi connectivity index (χ1) is 9.81. The van der Waals surface area contributed by atoms with Crippen LogP contribution >= 0.6 is 0 Å². The van der Waals surface area contributed by atoms with Crippen LogP contribution in [-0.4, -0.2) is 11.5 Å². The maximum absolute atomic E-state index is 9.09. The van der Waals surface area contributed by atoms with E-state index in [4.69, 9.17) is 11.0 Å². The summed E-state index contributed by atoms with van der Waals surface area (Å²) in [7, 11) is 0. The van der Waals surface area contributed by atoms with Gasteiger partial charge in [0.15, 0.2) is 5.82 Å². The number of aromatic nitrogens is 1. The standard InChI is InChI=1S/C16H16N4/c17-11-13-8-9-19-16(15(13)18)20-10-4-7-14(20)12-5-2-1-3-6-12/h1-3,5-6,8-9,14H,4,7,10,18H2. The van der Waals surface area contributed by atoms with Gasteiger partial charge in [-0.3, -0.25) is 0 Å². The van der Waals surface area contributed by atoms with Crippen molar-refractivity contribution in [1.29, 1.82) is 5.26 Å². The molecule has 1 aliphatic heterocycles. The Labute approximate surface area is 118 Å². The molecule has 2 heterocycles. The molecule has 0 bridgehead atoms. The largest absolute Gasteiger partial charge is 0.395 e. The molecule has 2 aromatic rings. The van der Waals surface area contributed by atoms with Crippen molar-refractivity contribution in [2.24, 2.45) is 0 Å². The molecule has 1 aromatic heterocycles. The lowest BCUT2D eigenvalue weighted by molar-refractivity contribution is 0.712. The van der Waals surface area contributed by atoms with Crippen molar-refractivity contribution < 1.29 is 0 Å². The molecule has 1 saturated heterocycles. The number of hydrogen-bond acceptors (Lipinski definition) is 4. The van der Waals surface area contributed by atoms with E-state index in [0.717, 1.165) is 25.2 Å². The first-order valence-electron chi connectivity index (χ1n) is 6.77. The average molecular weight is 264 g/mol. The van der Waals surface area contributed by atoms with Crippen molar-refractivity contribution in [1.82, 2.24) is 4.98 Å². The molecule has 100 valence electrons. The number of nitriles is 1. The molecule has 0 radical (unpaired) electrons. The zero-order valence-corrected chi connectivity index (χ0v) is 11.2. The SMILES string of the molecule is N#Cc1ccnc(N2CCCC2c2ccccc2)c1N. The van der Waals surface area contributed by atoms with Gasteiger partial charge in [-0.15, -0.1) is 0 Å². The molecule has 1 unspecified atom stereocenters. The third-order valence-electron chi connectivity index (χ3n) is 3.80. The topological polar surface area (TPSA) is 65.9 Å². The summed E-state index contributed by atoms with van der Waals surface area (Å²) in [6.45, 7) is 0.922. The Morgan fingerprint density at radius 3 is 2.80 bits per heavy atom. The molecule has 0 amide bonds. The first-order valence-corrected chi connectivity index (χ1v) is 6.77. The average Bonchev–Trinajstić information content (AvgIpc) is 2.97. The van der Waals surface area contributed by atoms with Crippen LogP contribution in [0.5, 0.6) is 0 Å². The minimum absolute atomic E-state index is 0.292. The van der Waals surface area contributed by atoms with Gasteiger partial charge in [0.25, 0.3) is 0 Å². The van der Waals surface area contributed by atoms with Crippen molar-refractivity contribution in [3.8, 4) is 6.07 Å². The fraction of sp³-hybridized carbons (Fsp3) is 0.250. The molecular formula is C16H16N4. The molecule has 4 heteroatoms. The zero-order valence-electron chi connectivity index (χ0n) is 11.2. The number of nitrogens with zero attached hydrogens (tertiary/aromatic N) is 3. The van der Waals surface area contributed by atoms with E-state index in [1.165, 1.54) is 5.56 Å². The minimum atomic E-state index is 0.292. The highest BCUT2D eigenvalue weighted by atomic mass is 15.2. The summed E-state index contributed by atoms with van der Waals surface area (Å²) < 4.78 is 0. The molecule has 1 atom stereocenters. The van der Waals surface area contributed by atoms with Crippen LogP contribution in [-0.2, 0) is 0 Å². The van der Waals surface area contributed by atoms with Crippen LogP contribution in [0.4, 0.5) is 11.5 Å². The van der Waals surface area contributed by atoms with Crippen LogP contribution in [0.3, 0.4) is 0 Å². The number of pyridine rings is 1. The third-order valence-corrected chi connectivity index (χ3v) is 3.80. The number of nitrogen functional groups attached to an aromatic ring is 1. The molecule has 1 fully saturated rings. The maximum Gasteiger partial charge on any atom is 0.153 e. The Morgan fingerprint density at radius 2 is 2.05 bits per heavy atom. The second-order valence-corrected chi connectivity index (χ2v) is 4.97. The van der Waals surface area contributed by atoms with Crippen LogP contribution in [0.25, 0.3) is 0 Å². The molecule has 3 rings (SSSR count). The van der Waals surface area contributed by atoms with Crippen molar-refractivity contribution in [3.63, 3.8) is 0 Å². The summed E-state index contributed by atoms with van der Waals surface area (Å²) in [4.78, 5) is 6.61. The quantitative estimate of drug-likeness (QED) is 0.905. The van der Waals surface area contributed by atoms with Gasteiger partial charge in [0.1, 0.15) is 6.07 Å². The Balaban J connectivity index is 2.00. The van der Waals surface area contributed by atoms with Crippen molar-refractivity contribution in [2.75, 3.05) is 17.2 Å². The van der Waals surface area contributed by atoms with Gasteiger partial charge >= 0.3 is 0 Å². The van der Waals surface area contributed by atoms with Gasteiger partial charge in [0, 0.05) is 12.7 Å². The summed E-state index contributed by atoms with van der Waals surface area (Å²) in [5.41, 5.74) is 8.34. The predicted molar refractivity (Wildman–Crippen MR) is 79.1 cm³/mol. The van der Waals surface area contributed by atoms with E-state index >= 15 is 0 Å². The number of hydrogen-bond donors (Lipinski definition) is 1. The highest BCUT2D eigenvalue weighted by Crippen LogP contribution is 2.38. The molecule has 1 aliphatic rings. The number of anilines is 2. The van der Waals surface area contributed by atoms with E-state index < -0.39 is 0 Å². The Morgan fingerprint density at radius 1 is 1.25 bits per heavy atom. The van der Waals surface area contributed by atoms with Crippen molar-refractivity contribution in [3.05, 3.63) is 53.7 Å². The predicted octanol–water partition coefficient (Wildman–Crippen LogP) is 2.88. The van der Waals surface area contributed by atoms with Crippen molar-refractivity contribution in [2.45, 2.75) is 18.9 Å². The lowest BCUT2D eigenvalue weighted by Crippen LogP contribution is -2.24. The lowest BCUT2D eigenvalue weighted by Gasteiger charge is -2.27. The smallest absolute Gasteiger partial charge is 0.153 e. The van der Waals surface area contributed by atoms with Gasteiger partial charge in [-0.25, -0.2) is 4.98 Å². The van der Waals surface area contributed by atoms with Crippen LogP contribution in [0.2, 0.25) is 0 Å². The van der Waals surface area contributed by atoms with Crippen LogP contribution in [0.1, 0.15) is 30.0 Å². The molecule has 0 saturated carbocycles. The molecular weight excluding hydrogens is 248 g/mol. The van der Waals surface area contributed by atoms with E-state index in [1.54, 1.807) is 12.3 Å². The van der Waals surface area contributed by atoms with Crippen LogP contribution in [0, 0.1) is 11.3 Å². The van der Waals surface area contributed by atoms with E-state index in [1.807, 2.05) is 18.2 Å². The summed E-state index contributed by atoms with van der Waals surface area (Å²) in [5.74, 6) is 0.732. The van der Waals surface area contributed by atoms with Gasteiger partial charge < -0.3 is 10.6 Å². The lowest BCUT2D eigenvalue weighted by atomic mass is 10.0. The molecule has 0 spiro atoms. The van der Waals surface area contributed by atoms with E-state index in [2.05, 4.69) is 28.1 Å². The highest BCUT2D eigenvalue weighted by Gasteiger charge is 2.28. The number of benzene rings is 1. The van der Waals surface area contributed by atoms with Crippen LogP contribution in [0.15, 0.2) is 42.6 Å². The molecule has 0 aliphatic carbocycles. The van der Waals surface area contributed by atoms with E-state index in [0.29, 0.717) is 17.3 Å². The molecule has 1 aromatic carbocycles.